The van der Waals surface area contributed by atoms with Crippen LogP contribution in [0.25, 0.3) is 27.8 Å². The summed E-state index contributed by atoms with van der Waals surface area (Å²) >= 11 is 0. The van der Waals surface area contributed by atoms with Crippen LogP contribution in [0.2, 0.25) is 0 Å². The third kappa shape index (κ3) is 1.34. The number of oxazole rings is 1. The summed E-state index contributed by atoms with van der Waals surface area (Å²) in [5.41, 5.74) is 3.08. The third-order valence-electron chi connectivity index (χ3n) is 3.30. The van der Waals surface area contributed by atoms with Gasteiger partial charge in [0.25, 0.3) is 5.56 Å². The lowest BCUT2D eigenvalue weighted by molar-refractivity contribution is 0.637. The Morgan fingerprint density at radius 3 is 2.89 bits per heavy atom. The second kappa shape index (κ2) is 3.45. The van der Waals surface area contributed by atoms with Crippen LogP contribution in [0.5, 0.6) is 0 Å². The predicted molar refractivity (Wildman–Crippen MR) is 73.5 cm³/mol. The monoisotopic (exact) mass is 250 g/mol. The van der Waals surface area contributed by atoms with Gasteiger partial charge < -0.3 is 4.42 Å². The number of nitrogens with zero attached hydrogens (tertiary/aromatic N) is 2. The van der Waals surface area contributed by atoms with E-state index in [2.05, 4.69) is 4.98 Å². The normalized spacial score (nSPS) is 11.6. The van der Waals surface area contributed by atoms with Crippen LogP contribution < -0.4 is 5.56 Å². The largest absolute Gasteiger partial charge is 0.423 e. The highest BCUT2D eigenvalue weighted by molar-refractivity contribution is 5.83. The molecule has 0 bridgehead atoms. The average Bonchev–Trinajstić information content (AvgIpc) is 2.76. The molecule has 0 saturated heterocycles. The maximum absolute atomic E-state index is 12.5. The molecule has 4 heteroatoms. The maximum Gasteiger partial charge on any atom is 0.310 e. The summed E-state index contributed by atoms with van der Waals surface area (Å²) in [7, 11) is 0. The Hall–Kier alpha value is -2.62. The summed E-state index contributed by atoms with van der Waals surface area (Å²) in [6.45, 7) is 1.98. The standard InChI is InChI=1S/C15H10N2O2/c1-9-6-7-13-12(8-9)17-14(18)10-4-2-3-5-11(10)16-15(17)19-13/h2-8H,1H3. The first-order valence-electron chi connectivity index (χ1n) is 6.05. The smallest absolute Gasteiger partial charge is 0.310 e. The molecule has 92 valence electrons. The van der Waals surface area contributed by atoms with Crippen LogP contribution in [-0.4, -0.2) is 9.38 Å². The van der Waals surface area contributed by atoms with Crippen molar-refractivity contribution in [3.63, 3.8) is 0 Å². The van der Waals surface area contributed by atoms with Crippen molar-refractivity contribution in [3.8, 4) is 0 Å². The van der Waals surface area contributed by atoms with E-state index in [1.165, 1.54) is 4.40 Å². The van der Waals surface area contributed by atoms with Crippen LogP contribution in [-0.2, 0) is 0 Å². The van der Waals surface area contributed by atoms with E-state index in [0.717, 1.165) is 11.1 Å². The van der Waals surface area contributed by atoms with Gasteiger partial charge in [-0.25, -0.2) is 4.40 Å². The van der Waals surface area contributed by atoms with Crippen LogP contribution >= 0.6 is 0 Å². The van der Waals surface area contributed by atoms with Gasteiger partial charge in [-0.05, 0) is 36.8 Å². The zero-order valence-electron chi connectivity index (χ0n) is 10.3. The molecule has 0 aliphatic heterocycles. The van der Waals surface area contributed by atoms with Crippen molar-refractivity contribution in [2.75, 3.05) is 0 Å². The van der Waals surface area contributed by atoms with Gasteiger partial charge in [0.2, 0.25) is 0 Å². The fourth-order valence-electron chi connectivity index (χ4n) is 2.38. The lowest BCUT2D eigenvalue weighted by Crippen LogP contribution is -2.13. The SMILES string of the molecule is Cc1ccc2oc3nc4ccccc4c(=O)n3c2c1. The summed E-state index contributed by atoms with van der Waals surface area (Å²) in [5.74, 6) is 0.337. The Bertz CT molecular complexity index is 995. The Labute approximate surface area is 107 Å². The van der Waals surface area contributed by atoms with Gasteiger partial charge in [0.05, 0.1) is 16.4 Å². The van der Waals surface area contributed by atoms with Gasteiger partial charge in [0.15, 0.2) is 5.58 Å². The Kier molecular flexibility index (Phi) is 1.87. The number of benzene rings is 2. The highest BCUT2D eigenvalue weighted by Crippen LogP contribution is 2.20. The van der Waals surface area contributed by atoms with Crippen molar-refractivity contribution in [2.45, 2.75) is 6.92 Å². The number of aryl methyl sites for hydroxylation is 1. The first kappa shape index (κ1) is 10.3. The second-order valence-corrected chi connectivity index (χ2v) is 4.63. The molecule has 0 aliphatic rings. The molecule has 0 amide bonds. The first-order valence-corrected chi connectivity index (χ1v) is 6.05. The minimum absolute atomic E-state index is 0.0926. The van der Waals surface area contributed by atoms with E-state index in [1.54, 1.807) is 6.07 Å². The number of hydrogen-bond acceptors (Lipinski definition) is 3. The molecular weight excluding hydrogens is 240 g/mol. The summed E-state index contributed by atoms with van der Waals surface area (Å²) in [5, 5.41) is 0.601. The molecular formula is C15H10N2O2. The predicted octanol–water partition coefficient (Wildman–Crippen LogP) is 2.90. The number of para-hydroxylation sites is 1. The maximum atomic E-state index is 12.5. The first-order chi connectivity index (χ1) is 9.24. The van der Waals surface area contributed by atoms with Crippen LogP contribution in [0.3, 0.4) is 0 Å². The van der Waals surface area contributed by atoms with E-state index >= 15 is 0 Å². The van der Waals surface area contributed by atoms with Gasteiger partial charge >= 0.3 is 5.84 Å². The molecule has 0 spiro atoms. The molecule has 4 nitrogen and oxygen atoms in total. The highest BCUT2D eigenvalue weighted by atomic mass is 16.4. The zero-order valence-corrected chi connectivity index (χ0v) is 10.3. The van der Waals surface area contributed by atoms with Crippen LogP contribution in [0.4, 0.5) is 0 Å². The van der Waals surface area contributed by atoms with Crippen molar-refractivity contribution in [2.24, 2.45) is 0 Å². The van der Waals surface area contributed by atoms with E-state index in [9.17, 15) is 4.79 Å². The van der Waals surface area contributed by atoms with Gasteiger partial charge in [0, 0.05) is 0 Å². The summed E-state index contributed by atoms with van der Waals surface area (Å²) in [4.78, 5) is 16.9. The molecule has 2 heterocycles. The third-order valence-corrected chi connectivity index (χ3v) is 3.30. The Morgan fingerprint density at radius 1 is 1.16 bits per heavy atom. The number of rotatable bonds is 0. The molecule has 0 aliphatic carbocycles. The molecule has 0 unspecified atom stereocenters. The minimum atomic E-state index is -0.0926. The summed E-state index contributed by atoms with van der Waals surface area (Å²) in [6, 6.07) is 13.0. The molecule has 4 rings (SSSR count). The molecule has 2 aromatic carbocycles. The lowest BCUT2D eigenvalue weighted by atomic mass is 10.2. The molecule has 19 heavy (non-hydrogen) atoms. The van der Waals surface area contributed by atoms with Crippen LogP contribution in [0.1, 0.15) is 5.56 Å². The zero-order chi connectivity index (χ0) is 13.0. The van der Waals surface area contributed by atoms with E-state index < -0.39 is 0 Å². The van der Waals surface area contributed by atoms with E-state index in [1.807, 2.05) is 43.3 Å². The Morgan fingerprint density at radius 2 is 2.00 bits per heavy atom. The van der Waals surface area contributed by atoms with Crippen LogP contribution in [0, 0.1) is 6.92 Å². The van der Waals surface area contributed by atoms with Crippen LogP contribution in [0.15, 0.2) is 51.7 Å². The molecule has 0 atom stereocenters. The van der Waals surface area contributed by atoms with Crippen molar-refractivity contribution in [3.05, 3.63) is 58.4 Å². The minimum Gasteiger partial charge on any atom is -0.423 e. The summed E-state index contributed by atoms with van der Waals surface area (Å²) in [6.07, 6.45) is 0. The van der Waals surface area contributed by atoms with Gasteiger partial charge in [-0.15, -0.1) is 0 Å². The fraction of sp³-hybridized carbons (Fsp3) is 0.0667. The molecule has 4 aromatic rings. The van der Waals surface area contributed by atoms with Crippen molar-refractivity contribution in [1.82, 2.24) is 9.38 Å². The molecule has 0 fully saturated rings. The summed E-state index contributed by atoms with van der Waals surface area (Å²) < 4.78 is 7.18. The average molecular weight is 250 g/mol. The molecule has 2 aromatic heterocycles. The highest BCUT2D eigenvalue weighted by Gasteiger charge is 2.12. The van der Waals surface area contributed by atoms with Crippen molar-refractivity contribution >= 4 is 27.8 Å². The Balaban J connectivity index is 2.35. The van der Waals surface area contributed by atoms with Crippen molar-refractivity contribution in [1.29, 1.82) is 0 Å². The molecule has 0 N–H and O–H groups in total. The van der Waals surface area contributed by atoms with E-state index in [-0.39, 0.29) is 5.56 Å². The van der Waals surface area contributed by atoms with E-state index in [0.29, 0.717) is 22.3 Å². The number of fused-ring (bicyclic) bond motifs is 4. The van der Waals surface area contributed by atoms with E-state index in [4.69, 9.17) is 4.42 Å². The van der Waals surface area contributed by atoms with Crippen molar-refractivity contribution < 1.29 is 4.42 Å². The quantitative estimate of drug-likeness (QED) is 0.482. The number of hydrogen-bond donors (Lipinski definition) is 0. The number of aromatic nitrogens is 2. The van der Waals surface area contributed by atoms with Gasteiger partial charge in [-0.1, -0.05) is 18.2 Å². The molecule has 0 saturated carbocycles. The van der Waals surface area contributed by atoms with Gasteiger partial charge in [0.1, 0.15) is 0 Å². The second-order valence-electron chi connectivity index (χ2n) is 4.63. The lowest BCUT2D eigenvalue weighted by Gasteiger charge is -1.97. The molecule has 0 radical (unpaired) electrons. The van der Waals surface area contributed by atoms with Gasteiger partial charge in [-0.2, -0.15) is 4.98 Å². The fourth-order valence-corrected chi connectivity index (χ4v) is 2.38. The topological polar surface area (TPSA) is 47.5 Å². The van der Waals surface area contributed by atoms with Gasteiger partial charge in [-0.3, -0.25) is 4.79 Å².